The predicted molar refractivity (Wildman–Crippen MR) is 176 cm³/mol. The number of carboxylic acids is 1. The summed E-state index contributed by atoms with van der Waals surface area (Å²) in [5, 5.41) is 15.2. The van der Waals surface area contributed by atoms with Crippen LogP contribution in [0.3, 0.4) is 0 Å². The van der Waals surface area contributed by atoms with Crippen molar-refractivity contribution in [1.82, 2.24) is 10.6 Å². The Morgan fingerprint density at radius 2 is 0.891 bits per heavy atom. The van der Waals surface area contributed by atoms with Gasteiger partial charge < -0.3 is 25.2 Å². The van der Waals surface area contributed by atoms with Gasteiger partial charge in [-0.1, -0.05) is 97.1 Å². The summed E-state index contributed by atoms with van der Waals surface area (Å²) in [5.41, 5.74) is 9.26. The van der Waals surface area contributed by atoms with Crippen LogP contribution in [0.15, 0.2) is 97.1 Å². The molecule has 0 saturated carbocycles. The largest absolute Gasteiger partial charge is 0.481 e. The standard InChI is InChI=1S/C38H38N2O6/c41-36(42)25(11-9-21-39-37(43)45-23-34-30-17-5-1-13-26(30)27-14-2-6-18-31(27)34)12-10-22-40-38(44)46-24-35-32-19-7-3-15-28(32)29-16-4-8-20-33(29)35/h1-8,13-20,25,34-35H,9-12,21-24H2,(H,39,43)(H,40,44)(H,41,42). The number of hydrogen-bond donors (Lipinski definition) is 3. The number of carbonyl (C=O) groups excluding carboxylic acids is 2. The minimum absolute atomic E-state index is 0.0171. The fourth-order valence-corrected chi connectivity index (χ4v) is 6.77. The maximum atomic E-state index is 12.4. The van der Waals surface area contributed by atoms with E-state index in [9.17, 15) is 19.5 Å². The zero-order valence-corrected chi connectivity index (χ0v) is 25.6. The number of nitrogens with one attached hydrogen (secondary N) is 2. The number of carbonyl (C=O) groups is 3. The molecule has 0 aromatic heterocycles. The van der Waals surface area contributed by atoms with E-state index in [1.165, 1.54) is 22.3 Å². The molecule has 0 spiro atoms. The lowest BCUT2D eigenvalue weighted by atomic mass is 9.97. The lowest BCUT2D eigenvalue weighted by Crippen LogP contribution is -2.28. The predicted octanol–water partition coefficient (Wildman–Crippen LogP) is 7.33. The van der Waals surface area contributed by atoms with Gasteiger partial charge in [-0.15, -0.1) is 0 Å². The summed E-state index contributed by atoms with van der Waals surface area (Å²) in [7, 11) is 0. The van der Waals surface area contributed by atoms with E-state index in [-0.39, 0.29) is 25.0 Å². The van der Waals surface area contributed by atoms with Gasteiger partial charge in [0.1, 0.15) is 13.2 Å². The molecular formula is C38H38N2O6. The van der Waals surface area contributed by atoms with Crippen molar-refractivity contribution in [2.75, 3.05) is 26.3 Å². The van der Waals surface area contributed by atoms with Gasteiger partial charge in [-0.05, 0) is 70.2 Å². The van der Waals surface area contributed by atoms with Crippen LogP contribution in [0, 0.1) is 5.92 Å². The van der Waals surface area contributed by atoms with Crippen LogP contribution in [0.5, 0.6) is 0 Å². The van der Waals surface area contributed by atoms with Gasteiger partial charge in [-0.3, -0.25) is 4.79 Å². The topological polar surface area (TPSA) is 114 Å². The van der Waals surface area contributed by atoms with Crippen LogP contribution < -0.4 is 10.6 Å². The van der Waals surface area contributed by atoms with E-state index < -0.39 is 24.1 Å². The third-order valence-electron chi connectivity index (χ3n) is 9.03. The number of aliphatic carboxylic acids is 1. The van der Waals surface area contributed by atoms with Gasteiger partial charge in [-0.25, -0.2) is 9.59 Å². The smallest absolute Gasteiger partial charge is 0.407 e. The molecule has 0 atom stereocenters. The lowest BCUT2D eigenvalue weighted by molar-refractivity contribution is -0.142. The van der Waals surface area contributed by atoms with E-state index in [4.69, 9.17) is 9.47 Å². The third kappa shape index (κ3) is 6.76. The Labute approximate surface area is 268 Å². The molecule has 8 heteroatoms. The van der Waals surface area contributed by atoms with Gasteiger partial charge >= 0.3 is 18.2 Å². The summed E-state index contributed by atoms with van der Waals surface area (Å²) in [4.78, 5) is 36.7. The van der Waals surface area contributed by atoms with Crippen molar-refractivity contribution in [3.05, 3.63) is 119 Å². The van der Waals surface area contributed by atoms with Crippen molar-refractivity contribution in [2.24, 2.45) is 5.92 Å². The molecule has 0 fully saturated rings. The highest BCUT2D eigenvalue weighted by Gasteiger charge is 2.30. The van der Waals surface area contributed by atoms with Crippen LogP contribution in [-0.4, -0.2) is 49.6 Å². The van der Waals surface area contributed by atoms with Crippen molar-refractivity contribution in [3.63, 3.8) is 0 Å². The second kappa shape index (κ2) is 14.3. The number of hydrogen-bond acceptors (Lipinski definition) is 5. The highest BCUT2D eigenvalue weighted by Crippen LogP contribution is 2.45. The molecule has 4 aromatic rings. The molecule has 46 heavy (non-hydrogen) atoms. The van der Waals surface area contributed by atoms with Crippen LogP contribution in [0.4, 0.5) is 9.59 Å². The molecule has 0 saturated heterocycles. The Kier molecular flexibility index (Phi) is 9.62. The number of carboxylic acid groups (broad SMARTS) is 1. The molecule has 3 N–H and O–H groups in total. The first-order valence-electron chi connectivity index (χ1n) is 15.9. The third-order valence-corrected chi connectivity index (χ3v) is 9.03. The fourth-order valence-electron chi connectivity index (χ4n) is 6.77. The van der Waals surface area contributed by atoms with Gasteiger partial charge in [0.25, 0.3) is 0 Å². The van der Waals surface area contributed by atoms with E-state index in [0.29, 0.717) is 38.8 Å². The fraction of sp³-hybridized carbons (Fsp3) is 0.289. The van der Waals surface area contributed by atoms with Crippen molar-refractivity contribution in [2.45, 2.75) is 37.5 Å². The maximum Gasteiger partial charge on any atom is 0.407 e. The summed E-state index contributed by atoms with van der Waals surface area (Å²) < 4.78 is 11.1. The summed E-state index contributed by atoms with van der Waals surface area (Å²) in [6, 6.07) is 32.7. The van der Waals surface area contributed by atoms with Gasteiger partial charge in [0, 0.05) is 24.9 Å². The molecule has 236 valence electrons. The second-order valence-corrected chi connectivity index (χ2v) is 11.8. The number of ether oxygens (including phenoxy) is 2. The zero-order chi connectivity index (χ0) is 31.9. The van der Waals surface area contributed by atoms with Gasteiger partial charge in [0.05, 0.1) is 5.92 Å². The van der Waals surface area contributed by atoms with Crippen LogP contribution in [0.1, 0.15) is 59.8 Å². The highest BCUT2D eigenvalue weighted by atomic mass is 16.6. The first-order chi connectivity index (χ1) is 22.5. The van der Waals surface area contributed by atoms with Gasteiger partial charge in [-0.2, -0.15) is 0 Å². The van der Waals surface area contributed by atoms with E-state index >= 15 is 0 Å². The summed E-state index contributed by atoms with van der Waals surface area (Å²) in [6.07, 6.45) is 0.789. The minimum atomic E-state index is -0.887. The van der Waals surface area contributed by atoms with Crippen molar-refractivity contribution in [3.8, 4) is 22.3 Å². The number of benzene rings is 4. The Morgan fingerprint density at radius 3 is 1.22 bits per heavy atom. The summed E-state index contributed by atoms with van der Waals surface area (Å²) >= 11 is 0. The Balaban J connectivity index is 0.877. The molecule has 8 nitrogen and oxygen atoms in total. The average molecular weight is 619 g/mol. The Bertz CT molecular complexity index is 1510. The molecule has 4 aromatic carbocycles. The molecule has 0 aliphatic heterocycles. The monoisotopic (exact) mass is 618 g/mol. The van der Waals surface area contributed by atoms with Crippen LogP contribution >= 0.6 is 0 Å². The van der Waals surface area contributed by atoms with E-state index in [1.807, 2.05) is 48.5 Å². The number of rotatable bonds is 13. The molecule has 2 aliphatic carbocycles. The minimum Gasteiger partial charge on any atom is -0.481 e. The summed E-state index contributed by atoms with van der Waals surface area (Å²) in [6.45, 7) is 1.10. The normalized spacial score (nSPS) is 13.0. The number of amides is 2. The molecule has 2 amide bonds. The van der Waals surface area contributed by atoms with Gasteiger partial charge in [0.2, 0.25) is 0 Å². The summed E-state index contributed by atoms with van der Waals surface area (Å²) in [5.74, 6) is -1.50. The van der Waals surface area contributed by atoms with Gasteiger partial charge in [0.15, 0.2) is 0 Å². The van der Waals surface area contributed by atoms with Crippen LogP contribution in [-0.2, 0) is 14.3 Å². The van der Waals surface area contributed by atoms with Crippen LogP contribution in [0.25, 0.3) is 22.3 Å². The molecule has 0 heterocycles. The molecular weight excluding hydrogens is 580 g/mol. The van der Waals surface area contributed by atoms with Crippen molar-refractivity contribution >= 4 is 18.2 Å². The number of alkyl carbamates (subject to hydrolysis) is 2. The second-order valence-electron chi connectivity index (χ2n) is 11.8. The van der Waals surface area contributed by atoms with E-state index in [2.05, 4.69) is 59.2 Å². The highest BCUT2D eigenvalue weighted by molar-refractivity contribution is 5.80. The Hall–Kier alpha value is -5.11. The molecule has 0 unspecified atom stereocenters. The maximum absolute atomic E-state index is 12.4. The van der Waals surface area contributed by atoms with E-state index in [1.54, 1.807) is 0 Å². The van der Waals surface area contributed by atoms with Crippen molar-refractivity contribution in [1.29, 1.82) is 0 Å². The average Bonchev–Trinajstić information content (AvgIpc) is 3.58. The molecule has 6 rings (SSSR count). The first kappa shape index (κ1) is 30.9. The molecule has 0 bridgehead atoms. The molecule has 0 radical (unpaired) electrons. The van der Waals surface area contributed by atoms with Crippen LogP contribution in [0.2, 0.25) is 0 Å². The molecule has 2 aliphatic rings. The first-order valence-corrected chi connectivity index (χ1v) is 15.9. The van der Waals surface area contributed by atoms with Crippen molar-refractivity contribution < 1.29 is 29.0 Å². The zero-order valence-electron chi connectivity index (χ0n) is 25.6. The SMILES string of the molecule is O=C(NCCCC(CCCNC(=O)OCC1c2ccccc2-c2ccccc21)C(=O)O)OCC1c2ccccc2-c2ccccc21. The lowest BCUT2D eigenvalue weighted by Gasteiger charge is -2.16. The Morgan fingerprint density at radius 1 is 0.565 bits per heavy atom. The quantitative estimate of drug-likeness (QED) is 0.135. The van der Waals surface area contributed by atoms with E-state index in [0.717, 1.165) is 22.3 Å². The number of fused-ring (bicyclic) bond motifs is 6.